The number of aliphatic hydroxyl groups excluding tert-OH is 1. The van der Waals surface area contributed by atoms with Crippen LogP contribution in [0, 0.1) is 5.92 Å². The molecule has 8 atom stereocenters. The maximum atomic E-state index is 14.1. The van der Waals surface area contributed by atoms with Crippen LogP contribution in [0.25, 0.3) is 0 Å². The molecule has 12 nitrogen and oxygen atoms in total. The van der Waals surface area contributed by atoms with Crippen molar-refractivity contribution in [3.05, 3.63) is 12.2 Å². The zero-order valence-corrected chi connectivity index (χ0v) is 37.0. The van der Waals surface area contributed by atoms with Crippen molar-refractivity contribution < 1.29 is 45.9 Å². The highest BCUT2D eigenvalue weighted by Gasteiger charge is 2.64. The number of rotatable bonds is 25. The molecule has 2 spiro atoms. The highest BCUT2D eigenvalue weighted by molar-refractivity contribution is 5.82. The van der Waals surface area contributed by atoms with Crippen LogP contribution in [0.15, 0.2) is 12.2 Å². The Morgan fingerprint density at radius 2 is 1.62 bits per heavy atom. The van der Waals surface area contributed by atoms with E-state index in [2.05, 4.69) is 41.2 Å². The van der Waals surface area contributed by atoms with Gasteiger partial charge in [-0.25, -0.2) is 10.6 Å². The summed E-state index contributed by atoms with van der Waals surface area (Å²) in [4.78, 5) is 28.5. The maximum Gasteiger partial charge on any atom is 0.350 e. The van der Waals surface area contributed by atoms with Crippen molar-refractivity contribution in [2.24, 2.45) is 17.4 Å². The first-order valence-electron chi connectivity index (χ1n) is 23.5. The van der Waals surface area contributed by atoms with Crippen molar-refractivity contribution >= 4 is 17.8 Å². The molecule has 5 heterocycles. The number of hydrogen-bond donors (Lipinski definition) is 5. The number of guanidine groups is 1. The highest BCUT2D eigenvalue weighted by atomic mass is 35.5. The first kappa shape index (κ1) is 48.7. The largest absolute Gasteiger partial charge is 1.00 e. The van der Waals surface area contributed by atoms with Gasteiger partial charge in [0.2, 0.25) is 11.6 Å². The van der Waals surface area contributed by atoms with Crippen molar-refractivity contribution in [2.45, 2.75) is 216 Å². The molecule has 5 rings (SSSR count). The van der Waals surface area contributed by atoms with Crippen molar-refractivity contribution in [1.29, 1.82) is 0 Å². The Morgan fingerprint density at radius 3 is 2.28 bits per heavy atom. The van der Waals surface area contributed by atoms with E-state index in [9.17, 15) is 14.7 Å². The van der Waals surface area contributed by atoms with Crippen LogP contribution in [-0.2, 0) is 23.8 Å². The Hall–Kier alpha value is -1.96. The number of hydrogen-bond acceptors (Lipinski definition) is 10. The number of allylic oxidation sites excluding steroid dienone is 1. The molecule has 0 bridgehead atoms. The van der Waals surface area contributed by atoms with Crippen LogP contribution >= 0.6 is 0 Å². The summed E-state index contributed by atoms with van der Waals surface area (Å²) in [6, 6.07) is 0.391. The minimum absolute atomic E-state index is 0. The standard InChI is InChI=1S/C45H80N6O6.ClH/c1-3-38-22-16-17-27-44(57-38)33-36-24-25-39-41(45(28-19-21-35(2)56-45)49-43(48-44)51(36)39)42(54)55-32-18-14-12-10-8-6-4-5-7-9-11-13-15-23-40(53)50(31-20-29-46)34-37(52)26-30-47;/h16,22,35-39,41,52H,3-15,17-21,23-34,46-47H2,1-2H3,(H,48,49);1H/t35-,36+,37+,38+,39+,41+,44+,45+;/m1./s1. The molecule has 0 unspecified atom stereocenters. The molecule has 0 aromatic carbocycles. The fraction of sp³-hybridized carbons (Fsp3) is 0.889. The number of nitrogens with two attached hydrogens (primary N) is 2. The molecule has 13 heteroatoms. The smallest absolute Gasteiger partial charge is 0.350 e. The second-order valence-electron chi connectivity index (χ2n) is 17.9. The SMILES string of the molecule is CC[C@H]1C=CCC[C@@]2(C[C@@H]3CC[C@H]4[C@@H](C(=O)OCCCCCCCCCCCCCCCC(=O)N(CCCN)C[C@@H](O)CCN)[C@@]5(CCC[C@@H](C)O5)NC(=[N+]34)N2)O1.[Cl-]. The third-order valence-electron chi connectivity index (χ3n) is 13.3. The van der Waals surface area contributed by atoms with Crippen LogP contribution in [-0.4, -0.2) is 107 Å². The molecule has 0 radical (unpaired) electrons. The summed E-state index contributed by atoms with van der Waals surface area (Å²) in [6.07, 6.45) is 29.7. The van der Waals surface area contributed by atoms with E-state index in [-0.39, 0.29) is 48.5 Å². The van der Waals surface area contributed by atoms with Gasteiger partial charge in [0, 0.05) is 38.8 Å². The number of nitrogens with one attached hydrogen (secondary N) is 2. The van der Waals surface area contributed by atoms with Crippen LogP contribution in [0.2, 0.25) is 0 Å². The number of halogens is 1. The summed E-state index contributed by atoms with van der Waals surface area (Å²) >= 11 is 0. The Labute approximate surface area is 356 Å². The Morgan fingerprint density at radius 1 is 0.931 bits per heavy atom. The van der Waals surface area contributed by atoms with E-state index in [1.807, 2.05) is 0 Å². The number of unbranched alkanes of at least 4 members (excludes halogenated alkanes) is 12. The lowest BCUT2D eigenvalue weighted by molar-refractivity contribution is -0.609. The van der Waals surface area contributed by atoms with Crippen LogP contribution < -0.4 is 34.5 Å². The van der Waals surface area contributed by atoms with Gasteiger partial charge in [-0.1, -0.05) is 89.7 Å². The van der Waals surface area contributed by atoms with Crippen molar-refractivity contribution in [1.82, 2.24) is 15.5 Å². The van der Waals surface area contributed by atoms with Crippen LogP contribution in [0.5, 0.6) is 0 Å². The van der Waals surface area contributed by atoms with E-state index in [0.717, 1.165) is 95.9 Å². The molecule has 2 fully saturated rings. The normalized spacial score (nSPS) is 29.3. The molecule has 0 aliphatic carbocycles. The fourth-order valence-corrected chi connectivity index (χ4v) is 10.3. The lowest BCUT2D eigenvalue weighted by Gasteiger charge is -2.50. The van der Waals surface area contributed by atoms with Gasteiger partial charge in [0.25, 0.3) is 0 Å². The van der Waals surface area contributed by atoms with Gasteiger partial charge in [-0.15, -0.1) is 0 Å². The van der Waals surface area contributed by atoms with Gasteiger partial charge in [-0.3, -0.25) is 14.2 Å². The summed E-state index contributed by atoms with van der Waals surface area (Å²) in [5.41, 5.74) is 10.0. The first-order valence-corrected chi connectivity index (χ1v) is 23.5. The molecule has 0 aromatic heterocycles. The third kappa shape index (κ3) is 13.8. The zero-order chi connectivity index (χ0) is 40.5. The zero-order valence-electron chi connectivity index (χ0n) is 36.2. The summed E-state index contributed by atoms with van der Waals surface area (Å²) in [7, 11) is 0. The second-order valence-corrected chi connectivity index (χ2v) is 17.9. The number of ether oxygens (including phenoxy) is 3. The van der Waals surface area contributed by atoms with Gasteiger partial charge in [0.1, 0.15) is 0 Å². The summed E-state index contributed by atoms with van der Waals surface area (Å²) < 4.78 is 22.1. The van der Waals surface area contributed by atoms with Gasteiger partial charge in [0.05, 0.1) is 37.0 Å². The minimum atomic E-state index is -0.761. The average Bonchev–Trinajstić information content (AvgIpc) is 3.49. The number of aliphatic hydroxyl groups is 1. The molecule has 334 valence electrons. The minimum Gasteiger partial charge on any atom is -1.00 e. The van der Waals surface area contributed by atoms with E-state index in [1.54, 1.807) is 4.90 Å². The number of carbonyl (C=O) groups excluding carboxylic acids is 2. The van der Waals surface area contributed by atoms with Crippen LogP contribution in [0.1, 0.15) is 174 Å². The number of amides is 1. The number of carbonyl (C=O) groups is 2. The lowest BCUT2D eigenvalue weighted by atomic mass is 9.80. The lowest BCUT2D eigenvalue weighted by Crippen LogP contribution is -3.00. The predicted molar refractivity (Wildman–Crippen MR) is 225 cm³/mol. The van der Waals surface area contributed by atoms with E-state index in [0.29, 0.717) is 51.7 Å². The topological polar surface area (TPSA) is 164 Å². The molecule has 2 saturated heterocycles. The first-order chi connectivity index (χ1) is 27.7. The van der Waals surface area contributed by atoms with Gasteiger partial charge in [-0.2, -0.15) is 0 Å². The molecule has 5 aliphatic rings. The van der Waals surface area contributed by atoms with E-state index < -0.39 is 17.6 Å². The fourth-order valence-electron chi connectivity index (χ4n) is 10.3. The van der Waals surface area contributed by atoms with Crippen molar-refractivity contribution in [2.75, 3.05) is 32.8 Å². The van der Waals surface area contributed by atoms with Gasteiger partial charge >= 0.3 is 11.9 Å². The highest BCUT2D eigenvalue weighted by Crippen LogP contribution is 2.45. The maximum absolute atomic E-state index is 14.1. The molecule has 0 saturated carbocycles. The Balaban J connectivity index is 0.00000744. The number of nitrogens with zero attached hydrogens (tertiary/aromatic N) is 2. The van der Waals surface area contributed by atoms with Crippen molar-refractivity contribution in [3.8, 4) is 0 Å². The quantitative estimate of drug-likeness (QED) is 0.0400. The molecular weight excluding hydrogens is 756 g/mol. The Bertz CT molecular complexity index is 1310. The summed E-state index contributed by atoms with van der Waals surface area (Å²) in [5, 5.41) is 17.8. The van der Waals surface area contributed by atoms with Gasteiger partial charge < -0.3 is 48.1 Å². The van der Waals surface area contributed by atoms with Crippen LogP contribution in [0.3, 0.4) is 0 Å². The van der Waals surface area contributed by atoms with E-state index in [1.165, 1.54) is 57.8 Å². The monoisotopic (exact) mass is 837 g/mol. The van der Waals surface area contributed by atoms with Gasteiger partial charge in [-0.05, 0) is 84.2 Å². The van der Waals surface area contributed by atoms with Crippen molar-refractivity contribution in [3.63, 3.8) is 0 Å². The molecular formula is C45H81ClN6O6. The van der Waals surface area contributed by atoms with Crippen LogP contribution in [0.4, 0.5) is 0 Å². The van der Waals surface area contributed by atoms with E-state index >= 15 is 0 Å². The Kier molecular flexibility index (Phi) is 21.1. The molecule has 5 aliphatic heterocycles. The third-order valence-corrected chi connectivity index (χ3v) is 13.3. The summed E-state index contributed by atoms with van der Waals surface area (Å²) in [5.74, 6) is 0.653. The molecule has 7 N–H and O–H groups in total. The average molecular weight is 838 g/mol. The summed E-state index contributed by atoms with van der Waals surface area (Å²) in [6.45, 7) is 6.73. The van der Waals surface area contributed by atoms with Gasteiger partial charge in [0.15, 0.2) is 11.6 Å². The number of esters is 1. The van der Waals surface area contributed by atoms with E-state index in [4.69, 9.17) is 25.7 Å². The second kappa shape index (κ2) is 25.1. The molecule has 1 amide bonds. The molecule has 58 heavy (non-hydrogen) atoms. The molecule has 0 aromatic rings. The predicted octanol–water partition coefficient (Wildman–Crippen LogP) is 3.12.